The number of rotatable bonds is 5. The molecule has 0 aliphatic carbocycles. The van der Waals surface area contributed by atoms with Crippen molar-refractivity contribution >= 4 is 5.91 Å². The second-order valence-corrected chi connectivity index (χ2v) is 4.99. The van der Waals surface area contributed by atoms with Gasteiger partial charge in [0.1, 0.15) is 5.60 Å². The Morgan fingerprint density at radius 1 is 1.50 bits per heavy atom. The first-order valence-electron chi connectivity index (χ1n) is 6.26. The van der Waals surface area contributed by atoms with Gasteiger partial charge in [-0.2, -0.15) is 5.10 Å². The van der Waals surface area contributed by atoms with E-state index in [2.05, 4.69) is 15.5 Å². The number of nitrogens with zero attached hydrogens (tertiary/aromatic N) is 1. The first kappa shape index (κ1) is 14.7. The highest BCUT2D eigenvalue weighted by molar-refractivity contribution is 5.84. The number of aromatic amines is 1. The number of nitrogens with one attached hydrogen (secondary N) is 2. The second kappa shape index (κ2) is 5.52. The van der Waals surface area contributed by atoms with Crippen molar-refractivity contribution in [3.63, 3.8) is 0 Å². The van der Waals surface area contributed by atoms with E-state index < -0.39 is 5.60 Å². The maximum Gasteiger partial charge on any atom is 0.252 e. The topological polar surface area (TPSA) is 67.0 Å². The molecule has 0 spiro atoms. The monoisotopic (exact) mass is 253 g/mol. The molecule has 0 bridgehead atoms. The van der Waals surface area contributed by atoms with Crippen LogP contribution in [0.4, 0.5) is 0 Å². The van der Waals surface area contributed by atoms with Crippen molar-refractivity contribution in [1.29, 1.82) is 0 Å². The predicted molar refractivity (Wildman–Crippen MR) is 70.3 cm³/mol. The Morgan fingerprint density at radius 3 is 2.56 bits per heavy atom. The van der Waals surface area contributed by atoms with E-state index in [1.807, 2.05) is 27.7 Å². The fraction of sp³-hybridized carbons (Fsp3) is 0.692. The molecule has 1 rings (SSSR count). The Labute approximate surface area is 108 Å². The van der Waals surface area contributed by atoms with Gasteiger partial charge in [-0.3, -0.25) is 9.89 Å². The van der Waals surface area contributed by atoms with Crippen LogP contribution in [0.25, 0.3) is 0 Å². The lowest BCUT2D eigenvalue weighted by molar-refractivity contribution is -0.142. The highest BCUT2D eigenvalue weighted by Gasteiger charge is 2.29. The van der Waals surface area contributed by atoms with Gasteiger partial charge >= 0.3 is 0 Å². The molecular formula is C13H23N3O2. The van der Waals surface area contributed by atoms with Gasteiger partial charge in [-0.05, 0) is 41.5 Å². The molecular weight excluding hydrogens is 230 g/mol. The number of hydrogen-bond donors (Lipinski definition) is 2. The standard InChI is InChI=1S/C13H23N3O2/c1-7-18-13(5,6)12(17)14-8(2)11-9(3)15-16-10(11)4/h8H,7H2,1-6H3,(H,14,17)(H,15,16). The fourth-order valence-corrected chi connectivity index (χ4v) is 2.07. The maximum atomic E-state index is 12.1. The van der Waals surface area contributed by atoms with Crippen molar-refractivity contribution in [1.82, 2.24) is 15.5 Å². The molecule has 0 saturated heterocycles. The molecule has 0 aromatic carbocycles. The van der Waals surface area contributed by atoms with Crippen LogP contribution in [0.1, 0.15) is 50.7 Å². The smallest absolute Gasteiger partial charge is 0.252 e. The zero-order valence-corrected chi connectivity index (χ0v) is 12.0. The zero-order valence-electron chi connectivity index (χ0n) is 12.0. The first-order valence-corrected chi connectivity index (χ1v) is 6.26. The van der Waals surface area contributed by atoms with Gasteiger partial charge in [-0.25, -0.2) is 0 Å². The van der Waals surface area contributed by atoms with Crippen LogP contribution in [0.2, 0.25) is 0 Å². The Morgan fingerprint density at radius 2 is 2.11 bits per heavy atom. The predicted octanol–water partition coefficient (Wildman–Crippen LogP) is 2.02. The largest absolute Gasteiger partial charge is 0.366 e. The third-order valence-corrected chi connectivity index (χ3v) is 3.02. The Hall–Kier alpha value is -1.36. The molecule has 1 heterocycles. The van der Waals surface area contributed by atoms with E-state index >= 15 is 0 Å². The van der Waals surface area contributed by atoms with Gasteiger partial charge in [0.15, 0.2) is 0 Å². The molecule has 2 N–H and O–H groups in total. The summed E-state index contributed by atoms with van der Waals surface area (Å²) in [7, 11) is 0. The van der Waals surface area contributed by atoms with Gasteiger partial charge in [0.2, 0.25) is 0 Å². The molecule has 0 aliphatic heterocycles. The summed E-state index contributed by atoms with van der Waals surface area (Å²) in [6, 6.07) is -0.0871. The quantitative estimate of drug-likeness (QED) is 0.843. The van der Waals surface area contributed by atoms with Crippen molar-refractivity contribution in [2.45, 2.75) is 53.2 Å². The zero-order chi connectivity index (χ0) is 13.9. The maximum absolute atomic E-state index is 12.1. The lowest BCUT2D eigenvalue weighted by atomic mass is 10.0. The van der Waals surface area contributed by atoms with E-state index in [1.165, 1.54) is 0 Å². The molecule has 0 aliphatic rings. The highest BCUT2D eigenvalue weighted by Crippen LogP contribution is 2.20. The van der Waals surface area contributed by atoms with E-state index in [4.69, 9.17) is 4.74 Å². The van der Waals surface area contributed by atoms with Crippen LogP contribution >= 0.6 is 0 Å². The minimum absolute atomic E-state index is 0.0871. The minimum atomic E-state index is -0.811. The second-order valence-electron chi connectivity index (χ2n) is 4.99. The molecule has 0 fully saturated rings. The first-order chi connectivity index (χ1) is 8.29. The van der Waals surface area contributed by atoms with Crippen LogP contribution in [-0.2, 0) is 9.53 Å². The summed E-state index contributed by atoms with van der Waals surface area (Å²) in [5, 5.41) is 10.0. The fourth-order valence-electron chi connectivity index (χ4n) is 2.07. The van der Waals surface area contributed by atoms with Gasteiger partial charge in [0.25, 0.3) is 5.91 Å². The molecule has 1 atom stereocenters. The summed E-state index contributed by atoms with van der Waals surface area (Å²) in [4.78, 5) is 12.1. The highest BCUT2D eigenvalue weighted by atomic mass is 16.5. The molecule has 18 heavy (non-hydrogen) atoms. The Bertz CT molecular complexity index is 404. The lowest BCUT2D eigenvalue weighted by Crippen LogP contribution is -2.45. The van der Waals surface area contributed by atoms with Crippen molar-refractivity contribution in [2.24, 2.45) is 0 Å². The van der Waals surface area contributed by atoms with Crippen LogP contribution < -0.4 is 5.32 Å². The number of aryl methyl sites for hydroxylation is 2. The molecule has 0 radical (unpaired) electrons. The number of ether oxygens (including phenoxy) is 1. The molecule has 5 nitrogen and oxygen atoms in total. The number of hydrogen-bond acceptors (Lipinski definition) is 3. The molecule has 102 valence electrons. The summed E-state index contributed by atoms with van der Waals surface area (Å²) in [6.07, 6.45) is 0. The number of aromatic nitrogens is 2. The van der Waals surface area contributed by atoms with Crippen LogP contribution in [-0.4, -0.2) is 28.3 Å². The van der Waals surface area contributed by atoms with E-state index in [0.717, 1.165) is 17.0 Å². The van der Waals surface area contributed by atoms with Gasteiger partial charge in [0, 0.05) is 17.9 Å². The van der Waals surface area contributed by atoms with Crippen LogP contribution in [0.5, 0.6) is 0 Å². The summed E-state index contributed by atoms with van der Waals surface area (Å²) in [6.45, 7) is 11.8. The average Bonchev–Trinajstić information content (AvgIpc) is 2.58. The lowest BCUT2D eigenvalue weighted by Gasteiger charge is -2.26. The SMILES string of the molecule is CCOC(C)(C)C(=O)NC(C)c1c(C)n[nH]c1C. The molecule has 1 amide bonds. The van der Waals surface area contributed by atoms with Crippen molar-refractivity contribution in [2.75, 3.05) is 6.61 Å². The van der Waals surface area contributed by atoms with E-state index in [9.17, 15) is 4.79 Å². The average molecular weight is 253 g/mol. The van der Waals surface area contributed by atoms with E-state index in [0.29, 0.717) is 6.61 Å². The Kier molecular flexibility index (Phi) is 4.51. The third kappa shape index (κ3) is 3.10. The summed E-state index contributed by atoms with van der Waals surface area (Å²) in [5.74, 6) is -0.114. The number of amides is 1. The van der Waals surface area contributed by atoms with Crippen LogP contribution in [0, 0.1) is 13.8 Å². The summed E-state index contributed by atoms with van der Waals surface area (Å²) < 4.78 is 5.43. The number of carbonyl (C=O) groups is 1. The van der Waals surface area contributed by atoms with Crippen molar-refractivity contribution in [3.05, 3.63) is 17.0 Å². The van der Waals surface area contributed by atoms with E-state index in [-0.39, 0.29) is 11.9 Å². The van der Waals surface area contributed by atoms with Crippen molar-refractivity contribution in [3.8, 4) is 0 Å². The van der Waals surface area contributed by atoms with Crippen molar-refractivity contribution < 1.29 is 9.53 Å². The molecule has 1 aromatic rings. The van der Waals surface area contributed by atoms with E-state index in [1.54, 1.807) is 13.8 Å². The molecule has 1 unspecified atom stereocenters. The van der Waals surface area contributed by atoms with Gasteiger partial charge < -0.3 is 10.1 Å². The van der Waals surface area contributed by atoms with Crippen LogP contribution in [0.3, 0.4) is 0 Å². The van der Waals surface area contributed by atoms with Gasteiger partial charge in [-0.1, -0.05) is 0 Å². The molecule has 1 aromatic heterocycles. The number of H-pyrrole nitrogens is 1. The minimum Gasteiger partial charge on any atom is -0.366 e. The Balaban J connectivity index is 2.77. The number of carbonyl (C=O) groups excluding carboxylic acids is 1. The summed E-state index contributed by atoms with van der Waals surface area (Å²) in [5.41, 5.74) is 2.12. The normalized spacial score (nSPS) is 13.4. The molecule has 0 saturated carbocycles. The van der Waals surface area contributed by atoms with Crippen LogP contribution in [0.15, 0.2) is 0 Å². The van der Waals surface area contributed by atoms with Gasteiger partial charge in [0.05, 0.1) is 11.7 Å². The third-order valence-electron chi connectivity index (χ3n) is 3.02. The summed E-state index contributed by atoms with van der Waals surface area (Å²) >= 11 is 0. The molecule has 5 heteroatoms. The van der Waals surface area contributed by atoms with Gasteiger partial charge in [-0.15, -0.1) is 0 Å².